The number of fused-ring (bicyclic) bond motifs is 1. The number of ketones is 1. The molecule has 2 aliphatic rings. The van der Waals surface area contributed by atoms with Crippen molar-refractivity contribution in [2.24, 2.45) is 0 Å². The van der Waals surface area contributed by atoms with Crippen LogP contribution in [0.3, 0.4) is 0 Å². The van der Waals surface area contributed by atoms with Crippen LogP contribution in [0, 0.1) is 25.5 Å². The lowest BCUT2D eigenvalue weighted by molar-refractivity contribution is -0.131. The van der Waals surface area contributed by atoms with Gasteiger partial charge in [0.25, 0.3) is 0 Å². The molecule has 0 aliphatic carbocycles. The molecule has 16 nitrogen and oxygen atoms in total. The fourth-order valence-electron chi connectivity index (χ4n) is 9.18. The molecular weight excluding hydrogens is 962 g/mol. The molecule has 5 N–H and O–H groups in total. The summed E-state index contributed by atoms with van der Waals surface area (Å²) in [6.45, 7) is 5.42. The van der Waals surface area contributed by atoms with Crippen LogP contribution in [0.15, 0.2) is 95.2 Å². The van der Waals surface area contributed by atoms with Crippen LogP contribution < -0.4 is 14.8 Å². The third kappa shape index (κ3) is 10.6. The number of carbonyl (C=O) groups excluding carboxylic acids is 2. The minimum atomic E-state index is -4.39. The molecule has 21 heteroatoms. The van der Waals surface area contributed by atoms with Crippen molar-refractivity contribution in [2.75, 3.05) is 31.0 Å². The first-order valence-corrected chi connectivity index (χ1v) is 25.4. The lowest BCUT2D eigenvalue weighted by Gasteiger charge is -2.33. The second-order valence-electron chi connectivity index (χ2n) is 17.9. The first kappa shape index (κ1) is 49.5. The summed E-state index contributed by atoms with van der Waals surface area (Å²) in [6, 6.07) is 18.9. The van der Waals surface area contributed by atoms with E-state index in [2.05, 4.69) is 25.4 Å². The number of thiazole rings is 1. The number of nitrogens with zero attached hydrogens (tertiary/aromatic N) is 5. The van der Waals surface area contributed by atoms with Crippen molar-refractivity contribution < 1.29 is 50.7 Å². The van der Waals surface area contributed by atoms with Gasteiger partial charge in [-0.05, 0) is 93.5 Å². The van der Waals surface area contributed by atoms with Gasteiger partial charge in [-0.25, -0.2) is 23.1 Å². The van der Waals surface area contributed by atoms with Crippen molar-refractivity contribution in [1.29, 1.82) is 0 Å². The molecule has 372 valence electrons. The monoisotopic (exact) mass is 1010 g/mol. The summed E-state index contributed by atoms with van der Waals surface area (Å²) < 4.78 is 84.9. The zero-order valence-electron chi connectivity index (χ0n) is 38.8. The highest BCUT2D eigenvalue weighted by molar-refractivity contribution is 7.90. The lowest BCUT2D eigenvalue weighted by Crippen LogP contribution is -2.50. The number of aliphatic hydroxyl groups excluding tert-OH is 2. The Morgan fingerprint density at radius 1 is 1.01 bits per heavy atom. The molecule has 71 heavy (non-hydrogen) atoms. The van der Waals surface area contributed by atoms with Gasteiger partial charge in [-0.3, -0.25) is 19.2 Å². The van der Waals surface area contributed by atoms with Crippen LogP contribution >= 0.6 is 11.3 Å². The molecule has 1 unspecified atom stereocenters. The molecule has 4 aromatic heterocycles. The number of β-amino-alcohol motifs (C(OH)–C–C–N with tert-alkyl or cyclic N) is 1. The molecule has 6 heterocycles. The summed E-state index contributed by atoms with van der Waals surface area (Å²) in [7, 11) is -4.39. The molecular formula is C50H51F3N8O8S2. The Balaban J connectivity index is 0.832. The summed E-state index contributed by atoms with van der Waals surface area (Å²) in [5.41, 5.74) is 5.10. The van der Waals surface area contributed by atoms with E-state index >= 15 is 8.78 Å². The number of benzene rings is 3. The number of aromatic nitrogens is 4. The molecule has 0 spiro atoms. The van der Waals surface area contributed by atoms with Crippen LogP contribution in [0.1, 0.15) is 83.2 Å². The number of rotatable bonds is 18. The van der Waals surface area contributed by atoms with Crippen molar-refractivity contribution in [3.05, 3.63) is 136 Å². The number of halogens is 3. The van der Waals surface area contributed by atoms with Crippen LogP contribution in [-0.2, 0) is 15.0 Å². The lowest BCUT2D eigenvalue weighted by atomic mass is 9.96. The topological polar surface area (TPSA) is 216 Å². The minimum Gasteiger partial charge on any atom is -0.494 e. The quantitative estimate of drug-likeness (QED) is 0.0412. The van der Waals surface area contributed by atoms with E-state index in [4.69, 9.17) is 9.26 Å². The number of aromatic amines is 1. The van der Waals surface area contributed by atoms with Gasteiger partial charge in [0.15, 0.2) is 5.82 Å². The molecule has 9 rings (SSSR count). The summed E-state index contributed by atoms with van der Waals surface area (Å²) in [6.07, 6.45) is 0.389. The van der Waals surface area contributed by atoms with E-state index in [1.807, 2.05) is 48.3 Å². The van der Waals surface area contributed by atoms with E-state index in [9.17, 15) is 32.6 Å². The number of anilines is 1. The van der Waals surface area contributed by atoms with Crippen LogP contribution in [-0.4, -0.2) is 110 Å². The molecule has 0 bridgehead atoms. The molecule has 6 atom stereocenters. The Hall–Kier alpha value is -6.49. The van der Waals surface area contributed by atoms with E-state index in [0.717, 1.165) is 38.1 Å². The number of aliphatic hydroxyl groups is 2. The van der Waals surface area contributed by atoms with Gasteiger partial charge in [-0.2, -0.15) is 12.7 Å². The number of likely N-dealkylation sites (tertiary alicyclic amines) is 1. The summed E-state index contributed by atoms with van der Waals surface area (Å²) in [5.74, 6) is -3.65. The number of pyridine rings is 1. The van der Waals surface area contributed by atoms with Gasteiger partial charge in [0.05, 0.1) is 63.7 Å². The van der Waals surface area contributed by atoms with Gasteiger partial charge < -0.3 is 29.8 Å². The first-order valence-electron chi connectivity index (χ1n) is 23.1. The van der Waals surface area contributed by atoms with Crippen LogP contribution in [0.25, 0.3) is 32.6 Å². The number of carbonyl (C=O) groups is 2. The number of hydrogen-bond acceptors (Lipinski definition) is 13. The maximum Gasteiger partial charge on any atom is 0.301 e. The highest BCUT2D eigenvalue weighted by Gasteiger charge is 2.43. The Morgan fingerprint density at radius 2 is 1.77 bits per heavy atom. The second-order valence-corrected chi connectivity index (χ2v) is 20.4. The van der Waals surface area contributed by atoms with Crippen LogP contribution in [0.5, 0.6) is 5.75 Å². The van der Waals surface area contributed by atoms with Gasteiger partial charge in [-0.1, -0.05) is 41.6 Å². The van der Waals surface area contributed by atoms with E-state index in [1.54, 1.807) is 65.8 Å². The number of H-pyrrole nitrogens is 1. The smallest absolute Gasteiger partial charge is 0.301 e. The molecule has 3 aromatic carbocycles. The van der Waals surface area contributed by atoms with Gasteiger partial charge >= 0.3 is 10.2 Å². The molecule has 0 saturated carbocycles. The number of aryl methyl sites for hydroxylation is 2. The zero-order valence-corrected chi connectivity index (χ0v) is 40.4. The minimum absolute atomic E-state index is 0.0175. The number of amides is 1. The van der Waals surface area contributed by atoms with Crippen molar-refractivity contribution in [3.8, 4) is 27.3 Å². The van der Waals surface area contributed by atoms with E-state index in [0.29, 0.717) is 41.2 Å². The molecule has 2 saturated heterocycles. The maximum atomic E-state index is 15.8. The molecule has 7 aromatic rings. The average Bonchev–Trinajstić information content (AvgIpc) is 4.22. The highest BCUT2D eigenvalue weighted by atomic mass is 32.2. The first-order chi connectivity index (χ1) is 34.0. The predicted octanol–water partition coefficient (Wildman–Crippen LogP) is 7.74. The SMILES string of the molecule is Cc1cc([C@H](CCCOc2ccc(-c3cnc4[nH]cc(C(=O)c5c(F)ccc(NS(=O)(=O)N6CC[C@@H](F)C6)c5F)c4c3)cc2)C(O)N2C[C@H](O)C[C@H]2C(=O)N[C@@H](C)c2ccc(-c3scnc3C)cc2)on1. The zero-order chi connectivity index (χ0) is 50.1. The Morgan fingerprint density at radius 3 is 2.46 bits per heavy atom. The summed E-state index contributed by atoms with van der Waals surface area (Å²) in [4.78, 5) is 41.9. The van der Waals surface area contributed by atoms with Gasteiger partial charge in [0.2, 0.25) is 11.7 Å². The standard InChI is InChI=1S/C50H51F3N8O8S2/c1-27-19-43(69-58-27)37(50(65)61-25-35(62)21-42(61)49(64)57-28(2)30-6-8-32(9-7-30)47-29(3)56-26-70-47)5-4-18-68-36-12-10-31(11-13-36)33-20-38-39(23-55-48(38)54-22-33)46(63)44-40(52)14-15-41(45(44)53)59-71(66,67)60-17-16-34(51)24-60/h6-15,19-20,22-23,26,28,34-35,37,42,50,59,62,65H,4-5,16-18,21,24-25H2,1-3H3,(H,54,55)(H,57,64)/t28-,34+,35+,37-,42-,50?/m0/s1. The Kier molecular flexibility index (Phi) is 14.4. The van der Waals surface area contributed by atoms with Crippen molar-refractivity contribution in [2.45, 2.75) is 83.0 Å². The Bertz CT molecular complexity index is 3170. The summed E-state index contributed by atoms with van der Waals surface area (Å²) >= 11 is 1.57. The van der Waals surface area contributed by atoms with Crippen LogP contribution in [0.2, 0.25) is 0 Å². The van der Waals surface area contributed by atoms with Crippen molar-refractivity contribution >= 4 is 50.0 Å². The normalized spacial score (nSPS) is 19.0. The fraction of sp³-hybridized carbons (Fsp3) is 0.340. The predicted molar refractivity (Wildman–Crippen MR) is 260 cm³/mol. The van der Waals surface area contributed by atoms with E-state index in [1.165, 1.54) is 6.20 Å². The van der Waals surface area contributed by atoms with Crippen LogP contribution in [0.4, 0.5) is 18.9 Å². The van der Waals surface area contributed by atoms with E-state index < -0.39 is 75.9 Å². The molecule has 0 radical (unpaired) electrons. The van der Waals surface area contributed by atoms with Gasteiger partial charge in [0.1, 0.15) is 35.4 Å². The Labute approximate surface area is 411 Å². The fourth-order valence-corrected chi connectivity index (χ4v) is 11.3. The largest absolute Gasteiger partial charge is 0.494 e. The van der Waals surface area contributed by atoms with Gasteiger partial charge in [-0.15, -0.1) is 11.3 Å². The highest BCUT2D eigenvalue weighted by Crippen LogP contribution is 2.35. The maximum absolute atomic E-state index is 15.8. The van der Waals surface area contributed by atoms with Crippen molar-refractivity contribution in [1.82, 2.24) is 34.6 Å². The molecule has 2 fully saturated rings. The number of nitrogens with one attached hydrogen (secondary N) is 3. The number of alkyl halides is 1. The second kappa shape index (κ2) is 20.7. The van der Waals surface area contributed by atoms with Gasteiger partial charge in [0, 0.05) is 54.6 Å². The van der Waals surface area contributed by atoms with Crippen molar-refractivity contribution in [3.63, 3.8) is 0 Å². The number of hydrogen-bond donors (Lipinski definition) is 5. The third-order valence-corrected chi connectivity index (χ3v) is 15.5. The third-order valence-electron chi connectivity index (χ3n) is 13.0. The van der Waals surface area contributed by atoms with E-state index in [-0.39, 0.29) is 61.1 Å². The number of ether oxygens (including phenoxy) is 1. The summed E-state index contributed by atoms with van der Waals surface area (Å²) in [5, 5.41) is 30.1. The molecule has 2 aliphatic heterocycles. The average molecular weight is 1010 g/mol. The molecule has 1 amide bonds.